The van der Waals surface area contributed by atoms with Crippen molar-refractivity contribution >= 4 is 28.5 Å². The Morgan fingerprint density at radius 2 is 1.27 bits per heavy atom. The number of hydrogen-bond acceptors (Lipinski definition) is 5. The molecule has 15 heavy (non-hydrogen) atoms. The first-order valence-electron chi connectivity index (χ1n) is 4.73. The van der Waals surface area contributed by atoms with Gasteiger partial charge in [0.25, 0.3) is 0 Å². The summed E-state index contributed by atoms with van der Waals surface area (Å²) >= 11 is 2.17. The van der Waals surface area contributed by atoms with Gasteiger partial charge >= 0.3 is 0 Å². The van der Waals surface area contributed by atoms with Crippen LogP contribution in [-0.2, 0) is 18.7 Å². The molecule has 0 rings (SSSR count). The standard InChI is InChI=1S/C8H18IO5P/c9-15-14-8-7-13-6-5-12-4-3-11-2-1-10/h10,15H,1-8H2. The van der Waals surface area contributed by atoms with Crippen LogP contribution in [0.25, 0.3) is 0 Å². The largest absolute Gasteiger partial charge is 0.394 e. The van der Waals surface area contributed by atoms with E-state index >= 15 is 0 Å². The van der Waals surface area contributed by atoms with E-state index in [1.807, 2.05) is 0 Å². The molecule has 0 saturated carbocycles. The Morgan fingerprint density at radius 3 is 1.73 bits per heavy atom. The van der Waals surface area contributed by atoms with Crippen LogP contribution in [0, 0.1) is 0 Å². The van der Waals surface area contributed by atoms with Crippen LogP contribution in [0.5, 0.6) is 0 Å². The molecular weight excluding hydrogens is 334 g/mol. The van der Waals surface area contributed by atoms with Crippen LogP contribution in [0.3, 0.4) is 0 Å². The van der Waals surface area contributed by atoms with Gasteiger partial charge in [-0.05, 0) is 22.0 Å². The van der Waals surface area contributed by atoms with E-state index in [-0.39, 0.29) is 6.61 Å². The summed E-state index contributed by atoms with van der Waals surface area (Å²) in [7, 11) is 0. The Kier molecular flexibility index (Phi) is 15.9. The highest BCUT2D eigenvalue weighted by atomic mass is 127. The molecule has 1 unspecified atom stereocenters. The zero-order valence-corrected chi connectivity index (χ0v) is 11.8. The fourth-order valence-electron chi connectivity index (χ4n) is 0.746. The fraction of sp³-hybridized carbons (Fsp3) is 1.00. The quantitative estimate of drug-likeness (QED) is 0.323. The van der Waals surface area contributed by atoms with Crippen LogP contribution >= 0.6 is 28.5 Å². The van der Waals surface area contributed by atoms with Gasteiger partial charge < -0.3 is 23.8 Å². The van der Waals surface area contributed by atoms with Gasteiger partial charge in [0, 0.05) is 0 Å². The average Bonchev–Trinajstić information content (AvgIpc) is 2.26. The van der Waals surface area contributed by atoms with Crippen molar-refractivity contribution in [1.82, 2.24) is 0 Å². The summed E-state index contributed by atoms with van der Waals surface area (Å²) in [6.45, 7) is 4.36. The van der Waals surface area contributed by atoms with Gasteiger partial charge in [-0.15, -0.1) is 0 Å². The zero-order valence-electron chi connectivity index (χ0n) is 8.62. The van der Waals surface area contributed by atoms with Gasteiger partial charge in [0.1, 0.15) is 0 Å². The van der Waals surface area contributed by atoms with E-state index in [4.69, 9.17) is 23.8 Å². The van der Waals surface area contributed by atoms with E-state index in [0.717, 1.165) is 0 Å². The highest BCUT2D eigenvalue weighted by Crippen LogP contribution is 2.20. The number of aliphatic hydroxyl groups is 1. The molecule has 1 atom stereocenters. The third-order valence-electron chi connectivity index (χ3n) is 1.36. The van der Waals surface area contributed by atoms with Crippen molar-refractivity contribution in [3.8, 4) is 0 Å². The Balaban J connectivity index is 2.81. The SMILES string of the molecule is OCCOCCOCCOCCOPI. The molecule has 7 heteroatoms. The number of aliphatic hydroxyl groups excluding tert-OH is 1. The van der Waals surface area contributed by atoms with Gasteiger partial charge in [-0.1, -0.05) is 0 Å². The number of ether oxygens (including phenoxy) is 3. The lowest BCUT2D eigenvalue weighted by molar-refractivity contribution is 0.00434. The van der Waals surface area contributed by atoms with E-state index in [9.17, 15) is 0 Å². The second-order valence-corrected chi connectivity index (χ2v) is 4.25. The predicted octanol–water partition coefficient (Wildman–Crippen LogP) is 0.989. The zero-order chi connectivity index (χ0) is 11.2. The van der Waals surface area contributed by atoms with Crippen LogP contribution < -0.4 is 0 Å². The predicted molar refractivity (Wildman–Crippen MR) is 67.8 cm³/mol. The molecule has 0 amide bonds. The van der Waals surface area contributed by atoms with E-state index in [1.54, 1.807) is 0 Å². The van der Waals surface area contributed by atoms with Crippen LogP contribution in [0.1, 0.15) is 0 Å². The molecule has 0 saturated heterocycles. The van der Waals surface area contributed by atoms with E-state index < -0.39 is 0 Å². The number of halogens is 1. The van der Waals surface area contributed by atoms with E-state index in [1.165, 1.54) is 0 Å². The van der Waals surface area contributed by atoms with Crippen LogP contribution in [-0.4, -0.2) is 58.0 Å². The minimum absolute atomic E-state index is 0.0561. The van der Waals surface area contributed by atoms with Crippen molar-refractivity contribution in [3.05, 3.63) is 0 Å². The summed E-state index contributed by atoms with van der Waals surface area (Å²) in [5.41, 5.74) is 0. The van der Waals surface area contributed by atoms with Crippen LogP contribution in [0.2, 0.25) is 0 Å². The molecule has 0 aliphatic rings. The van der Waals surface area contributed by atoms with Crippen molar-refractivity contribution in [1.29, 1.82) is 0 Å². The molecule has 0 radical (unpaired) electrons. The summed E-state index contributed by atoms with van der Waals surface area (Å²) in [4.78, 5) is 0. The van der Waals surface area contributed by atoms with Gasteiger partial charge in [0.05, 0.1) is 59.3 Å². The second-order valence-electron chi connectivity index (χ2n) is 2.49. The molecular formula is C8H18IO5P. The monoisotopic (exact) mass is 352 g/mol. The number of rotatable bonds is 12. The van der Waals surface area contributed by atoms with E-state index in [0.29, 0.717) is 52.7 Å². The summed E-state index contributed by atoms with van der Waals surface area (Å²) in [5, 5.41) is 8.41. The summed E-state index contributed by atoms with van der Waals surface area (Å²) in [6, 6.07) is 0. The molecule has 0 spiro atoms. The van der Waals surface area contributed by atoms with Crippen molar-refractivity contribution in [2.24, 2.45) is 0 Å². The Labute approximate surface area is 105 Å². The van der Waals surface area contributed by atoms with Gasteiger partial charge in [-0.25, -0.2) is 0 Å². The maximum atomic E-state index is 8.41. The van der Waals surface area contributed by atoms with Crippen molar-refractivity contribution < 1.29 is 23.8 Å². The van der Waals surface area contributed by atoms with Crippen molar-refractivity contribution in [3.63, 3.8) is 0 Å². The summed E-state index contributed by atoms with van der Waals surface area (Å²) < 4.78 is 20.6. The van der Waals surface area contributed by atoms with Crippen LogP contribution in [0.15, 0.2) is 0 Å². The second kappa shape index (κ2) is 15.0. The third-order valence-corrected chi connectivity index (χ3v) is 2.61. The summed E-state index contributed by atoms with van der Waals surface area (Å²) in [6.07, 6.45) is 0. The molecule has 0 aromatic rings. The average molecular weight is 352 g/mol. The normalized spacial score (nSPS) is 11.6. The maximum Gasteiger partial charge on any atom is 0.0794 e. The fourth-order valence-corrected chi connectivity index (χ4v) is 1.57. The first-order valence-corrected chi connectivity index (χ1v) is 8.75. The molecule has 0 heterocycles. The molecule has 0 aliphatic heterocycles. The smallest absolute Gasteiger partial charge is 0.0794 e. The molecule has 0 bridgehead atoms. The topological polar surface area (TPSA) is 57.2 Å². The highest BCUT2D eigenvalue weighted by molar-refractivity contribution is 14.2. The Hall–Kier alpha value is 0.960. The van der Waals surface area contributed by atoms with Crippen molar-refractivity contribution in [2.75, 3.05) is 52.9 Å². The first-order chi connectivity index (χ1) is 7.41. The first kappa shape index (κ1) is 16.0. The molecule has 1 N–H and O–H groups in total. The summed E-state index contributed by atoms with van der Waals surface area (Å²) in [5.74, 6) is 0. The Morgan fingerprint density at radius 1 is 0.800 bits per heavy atom. The molecule has 0 fully saturated rings. The molecule has 92 valence electrons. The molecule has 0 aliphatic carbocycles. The van der Waals surface area contributed by atoms with Gasteiger partial charge in [-0.2, -0.15) is 0 Å². The lowest BCUT2D eigenvalue weighted by atomic mass is 10.7. The molecule has 5 nitrogen and oxygen atoms in total. The third kappa shape index (κ3) is 15.0. The van der Waals surface area contributed by atoms with Gasteiger partial charge in [0.15, 0.2) is 0 Å². The van der Waals surface area contributed by atoms with Crippen LogP contribution in [0.4, 0.5) is 0 Å². The lowest BCUT2D eigenvalue weighted by Crippen LogP contribution is -2.11. The highest BCUT2D eigenvalue weighted by Gasteiger charge is 1.91. The number of hydrogen-bond donors (Lipinski definition) is 1. The van der Waals surface area contributed by atoms with Crippen molar-refractivity contribution in [2.45, 2.75) is 0 Å². The minimum atomic E-state index is 0.0561. The lowest BCUT2D eigenvalue weighted by Gasteiger charge is -2.05. The molecule has 0 aromatic heterocycles. The van der Waals surface area contributed by atoms with E-state index in [2.05, 4.69) is 22.0 Å². The Bertz CT molecular complexity index is 107. The maximum absolute atomic E-state index is 8.41. The minimum Gasteiger partial charge on any atom is -0.394 e. The van der Waals surface area contributed by atoms with Gasteiger partial charge in [0.2, 0.25) is 0 Å². The molecule has 0 aromatic carbocycles. The van der Waals surface area contributed by atoms with Gasteiger partial charge in [-0.3, -0.25) is 0 Å².